The van der Waals surface area contributed by atoms with E-state index in [9.17, 15) is 4.79 Å². The Morgan fingerprint density at radius 1 is 1.19 bits per heavy atom. The van der Waals surface area contributed by atoms with E-state index in [4.69, 9.17) is 14.7 Å². The van der Waals surface area contributed by atoms with Crippen LogP contribution < -0.4 is 4.74 Å². The van der Waals surface area contributed by atoms with Gasteiger partial charge in [0.05, 0.1) is 0 Å². The zero-order valence-electron chi connectivity index (χ0n) is 15.3. The van der Waals surface area contributed by atoms with E-state index in [-0.39, 0.29) is 6.61 Å². The number of carboxylic acids is 1. The Balaban J connectivity index is 1.42. The predicted molar refractivity (Wildman–Crippen MR) is 104 cm³/mol. The predicted octanol–water partition coefficient (Wildman–Crippen LogP) is 4.24. The first kappa shape index (κ1) is 19.0. The monoisotopic (exact) mass is 367 g/mol. The second-order valence-electron chi connectivity index (χ2n) is 6.81. The molecule has 0 aromatic heterocycles. The van der Waals surface area contributed by atoms with Crippen LogP contribution in [0.15, 0.2) is 53.7 Å². The van der Waals surface area contributed by atoms with Crippen LogP contribution in [-0.2, 0) is 29.1 Å². The Morgan fingerprint density at radius 2 is 2.04 bits per heavy atom. The number of benzene rings is 2. The van der Waals surface area contributed by atoms with Gasteiger partial charge in [0.25, 0.3) is 0 Å². The smallest absolute Gasteiger partial charge is 0.341 e. The summed E-state index contributed by atoms with van der Waals surface area (Å²) in [7, 11) is 0. The molecular weight excluding hydrogens is 342 g/mol. The maximum absolute atomic E-state index is 10.7. The van der Waals surface area contributed by atoms with E-state index >= 15 is 0 Å². The highest BCUT2D eigenvalue weighted by Gasteiger charge is 2.21. The zero-order chi connectivity index (χ0) is 18.9. The topological polar surface area (TPSA) is 68.1 Å². The SMILES string of the molecule is O=C(O)COc1cccc2c1CCC(CCC=NOCc1ccccc1)C2. The first-order valence-electron chi connectivity index (χ1n) is 9.35. The molecule has 2 aromatic carbocycles. The molecule has 142 valence electrons. The average Bonchev–Trinajstić information content (AvgIpc) is 2.69. The number of aliphatic carboxylic acids is 1. The van der Waals surface area contributed by atoms with Gasteiger partial charge in [0.15, 0.2) is 6.61 Å². The molecule has 3 rings (SSSR count). The minimum atomic E-state index is -0.949. The molecule has 1 unspecified atom stereocenters. The summed E-state index contributed by atoms with van der Waals surface area (Å²) < 4.78 is 5.43. The van der Waals surface area contributed by atoms with Crippen LogP contribution in [0.25, 0.3) is 0 Å². The van der Waals surface area contributed by atoms with Crippen molar-refractivity contribution in [2.75, 3.05) is 6.61 Å². The second-order valence-corrected chi connectivity index (χ2v) is 6.81. The molecular formula is C22H25NO4. The third-order valence-electron chi connectivity index (χ3n) is 4.82. The van der Waals surface area contributed by atoms with Gasteiger partial charge in [0.1, 0.15) is 12.4 Å². The highest BCUT2D eigenvalue weighted by atomic mass is 16.6. The summed E-state index contributed by atoms with van der Waals surface area (Å²) in [4.78, 5) is 16.1. The molecule has 0 amide bonds. The summed E-state index contributed by atoms with van der Waals surface area (Å²) in [6, 6.07) is 15.9. The van der Waals surface area contributed by atoms with Gasteiger partial charge >= 0.3 is 5.97 Å². The molecule has 1 aliphatic rings. The molecule has 2 aromatic rings. The standard InChI is InChI=1S/C22H25NO4/c24-22(25)16-26-21-10-4-9-19-14-17(11-12-20(19)21)8-5-13-23-27-15-18-6-2-1-3-7-18/h1-4,6-7,9-10,13,17H,5,8,11-12,14-16H2,(H,24,25). The second kappa shape index (κ2) is 9.76. The lowest BCUT2D eigenvalue weighted by Gasteiger charge is -2.25. The van der Waals surface area contributed by atoms with Crippen molar-refractivity contribution in [3.63, 3.8) is 0 Å². The van der Waals surface area contributed by atoms with Crippen LogP contribution in [0.2, 0.25) is 0 Å². The van der Waals surface area contributed by atoms with E-state index in [1.165, 1.54) is 5.56 Å². The van der Waals surface area contributed by atoms with Crippen molar-refractivity contribution in [1.82, 2.24) is 0 Å². The maximum Gasteiger partial charge on any atom is 0.341 e. The first-order chi connectivity index (χ1) is 13.2. The Kier molecular flexibility index (Phi) is 6.85. The molecule has 1 aliphatic carbocycles. The van der Waals surface area contributed by atoms with E-state index in [2.05, 4.69) is 11.2 Å². The molecule has 0 heterocycles. The van der Waals surface area contributed by atoms with Gasteiger partial charge in [-0.2, -0.15) is 0 Å². The fourth-order valence-corrected chi connectivity index (χ4v) is 3.47. The van der Waals surface area contributed by atoms with Crippen LogP contribution in [0.4, 0.5) is 0 Å². The van der Waals surface area contributed by atoms with E-state index in [1.54, 1.807) is 0 Å². The number of ether oxygens (including phenoxy) is 1. The Labute approximate surface area is 159 Å². The molecule has 0 spiro atoms. The molecule has 27 heavy (non-hydrogen) atoms. The zero-order valence-corrected chi connectivity index (χ0v) is 15.3. The fourth-order valence-electron chi connectivity index (χ4n) is 3.47. The summed E-state index contributed by atoms with van der Waals surface area (Å²) in [6.45, 7) is 0.201. The van der Waals surface area contributed by atoms with Crippen LogP contribution in [0.3, 0.4) is 0 Å². The molecule has 0 aliphatic heterocycles. The molecule has 0 bridgehead atoms. The Bertz CT molecular complexity index is 773. The van der Waals surface area contributed by atoms with Crippen LogP contribution in [0, 0.1) is 5.92 Å². The molecule has 5 nitrogen and oxygen atoms in total. The molecule has 1 N–H and O–H groups in total. The van der Waals surface area contributed by atoms with Crippen molar-refractivity contribution in [3.8, 4) is 5.75 Å². The number of hydrogen-bond acceptors (Lipinski definition) is 4. The number of hydrogen-bond donors (Lipinski definition) is 1. The molecule has 5 heteroatoms. The van der Waals surface area contributed by atoms with E-state index in [1.807, 2.05) is 48.7 Å². The van der Waals surface area contributed by atoms with Crippen LogP contribution in [0.1, 0.15) is 36.0 Å². The molecule has 1 atom stereocenters. The van der Waals surface area contributed by atoms with Crippen molar-refractivity contribution >= 4 is 12.2 Å². The third-order valence-corrected chi connectivity index (χ3v) is 4.82. The fraction of sp³-hybridized carbons (Fsp3) is 0.364. The van der Waals surface area contributed by atoms with Gasteiger partial charge < -0.3 is 14.7 Å². The highest BCUT2D eigenvalue weighted by molar-refractivity contribution is 5.68. The number of carbonyl (C=O) groups is 1. The van der Waals surface area contributed by atoms with Gasteiger partial charge in [-0.1, -0.05) is 47.6 Å². The number of nitrogens with zero attached hydrogens (tertiary/aromatic N) is 1. The Hall–Kier alpha value is -2.82. The van der Waals surface area contributed by atoms with Crippen LogP contribution in [0.5, 0.6) is 5.75 Å². The average molecular weight is 367 g/mol. The molecule has 0 saturated carbocycles. The van der Waals surface area contributed by atoms with E-state index in [0.717, 1.165) is 43.2 Å². The van der Waals surface area contributed by atoms with E-state index in [0.29, 0.717) is 18.3 Å². The van der Waals surface area contributed by atoms with Gasteiger partial charge in [-0.25, -0.2) is 4.79 Å². The summed E-state index contributed by atoms with van der Waals surface area (Å²) in [5, 5.41) is 12.8. The Morgan fingerprint density at radius 3 is 2.85 bits per heavy atom. The summed E-state index contributed by atoms with van der Waals surface area (Å²) in [6.07, 6.45) is 6.82. The van der Waals surface area contributed by atoms with Crippen molar-refractivity contribution < 1.29 is 19.5 Å². The molecule has 0 radical (unpaired) electrons. The van der Waals surface area contributed by atoms with Crippen LogP contribution in [-0.4, -0.2) is 23.9 Å². The number of rotatable bonds is 9. The summed E-state index contributed by atoms with van der Waals surface area (Å²) in [5.41, 5.74) is 3.54. The van der Waals surface area contributed by atoms with Gasteiger partial charge in [0, 0.05) is 6.21 Å². The summed E-state index contributed by atoms with van der Waals surface area (Å²) >= 11 is 0. The lowest BCUT2D eigenvalue weighted by atomic mass is 9.81. The van der Waals surface area contributed by atoms with Gasteiger partial charge in [0.2, 0.25) is 0 Å². The highest BCUT2D eigenvalue weighted by Crippen LogP contribution is 2.33. The van der Waals surface area contributed by atoms with Gasteiger partial charge in [-0.05, 0) is 60.8 Å². The third kappa shape index (κ3) is 5.84. The number of oxime groups is 1. The number of carboxylic acid groups (broad SMARTS) is 1. The first-order valence-corrected chi connectivity index (χ1v) is 9.35. The summed E-state index contributed by atoms with van der Waals surface area (Å²) in [5.74, 6) is 0.368. The quantitative estimate of drug-likeness (QED) is 0.532. The minimum Gasteiger partial charge on any atom is -0.482 e. The minimum absolute atomic E-state index is 0.292. The van der Waals surface area contributed by atoms with Gasteiger partial charge in [-0.3, -0.25) is 0 Å². The number of fused-ring (bicyclic) bond motifs is 1. The van der Waals surface area contributed by atoms with Gasteiger partial charge in [-0.15, -0.1) is 0 Å². The van der Waals surface area contributed by atoms with Crippen LogP contribution >= 0.6 is 0 Å². The normalized spacial score (nSPS) is 16.1. The largest absolute Gasteiger partial charge is 0.482 e. The van der Waals surface area contributed by atoms with Crippen molar-refractivity contribution in [1.29, 1.82) is 0 Å². The lowest BCUT2D eigenvalue weighted by molar-refractivity contribution is -0.139. The maximum atomic E-state index is 10.7. The lowest BCUT2D eigenvalue weighted by Crippen LogP contribution is -2.17. The van der Waals surface area contributed by atoms with Crippen molar-refractivity contribution in [2.24, 2.45) is 11.1 Å². The van der Waals surface area contributed by atoms with Crippen molar-refractivity contribution in [2.45, 2.75) is 38.7 Å². The van der Waals surface area contributed by atoms with Crippen molar-refractivity contribution in [3.05, 3.63) is 65.2 Å². The molecule has 0 fully saturated rings. The molecule has 0 saturated heterocycles. The van der Waals surface area contributed by atoms with E-state index < -0.39 is 5.97 Å².